The number of anilines is 1. The first-order chi connectivity index (χ1) is 8.68. The predicted molar refractivity (Wildman–Crippen MR) is 75.0 cm³/mol. The van der Waals surface area contributed by atoms with Crippen molar-refractivity contribution in [2.45, 2.75) is 32.6 Å². The van der Waals surface area contributed by atoms with E-state index >= 15 is 0 Å². The first-order valence-corrected chi connectivity index (χ1v) is 6.79. The normalized spacial score (nSPS) is 17.3. The molecule has 0 saturated carbocycles. The van der Waals surface area contributed by atoms with Crippen LogP contribution in [0.25, 0.3) is 0 Å². The average molecular weight is 246 g/mol. The third kappa shape index (κ3) is 3.03. The molecule has 0 spiro atoms. The predicted octanol–water partition coefficient (Wildman–Crippen LogP) is 2.53. The van der Waals surface area contributed by atoms with Crippen LogP contribution < -0.4 is 10.2 Å². The second kappa shape index (κ2) is 5.89. The summed E-state index contributed by atoms with van der Waals surface area (Å²) >= 11 is 0. The molecule has 3 heteroatoms. The summed E-state index contributed by atoms with van der Waals surface area (Å²) in [7, 11) is 0. The van der Waals surface area contributed by atoms with Crippen molar-refractivity contribution in [1.82, 2.24) is 5.32 Å². The van der Waals surface area contributed by atoms with E-state index in [1.807, 2.05) is 0 Å². The number of carbonyl (C=O) groups excluding carboxylic acids is 1. The molecule has 2 rings (SSSR count). The van der Waals surface area contributed by atoms with E-state index in [1.54, 1.807) is 0 Å². The van der Waals surface area contributed by atoms with Crippen molar-refractivity contribution in [1.29, 1.82) is 0 Å². The topological polar surface area (TPSA) is 32.3 Å². The summed E-state index contributed by atoms with van der Waals surface area (Å²) < 4.78 is 0. The lowest BCUT2D eigenvalue weighted by atomic mass is 10.00. The number of benzene rings is 1. The fraction of sp³-hybridized carbons (Fsp3) is 0.533. The van der Waals surface area contributed by atoms with Gasteiger partial charge in [0.2, 0.25) is 5.91 Å². The van der Waals surface area contributed by atoms with E-state index < -0.39 is 0 Å². The maximum atomic E-state index is 11.3. The van der Waals surface area contributed by atoms with Gasteiger partial charge in [-0.05, 0) is 24.0 Å². The van der Waals surface area contributed by atoms with Crippen molar-refractivity contribution in [2.75, 3.05) is 24.5 Å². The molecular weight excluding hydrogens is 224 g/mol. The fourth-order valence-electron chi connectivity index (χ4n) is 2.47. The standard InChI is InChI=1S/C15H22N2O/c1-12(2)13-6-3-4-7-14(13)17-10-5-8-15(18)16-9-11-17/h3-4,6-7,12H,5,8-11H2,1-2H3,(H,16,18). The zero-order chi connectivity index (χ0) is 13.0. The molecule has 1 aromatic rings. The lowest BCUT2D eigenvalue weighted by molar-refractivity contribution is -0.121. The van der Waals surface area contributed by atoms with Crippen molar-refractivity contribution >= 4 is 11.6 Å². The summed E-state index contributed by atoms with van der Waals surface area (Å²) in [5.41, 5.74) is 2.72. The molecule has 1 N–H and O–H groups in total. The summed E-state index contributed by atoms with van der Waals surface area (Å²) in [6.45, 7) is 7.06. The Morgan fingerprint density at radius 3 is 2.78 bits per heavy atom. The van der Waals surface area contributed by atoms with Gasteiger partial charge in [0.1, 0.15) is 0 Å². The molecule has 1 heterocycles. The molecule has 0 atom stereocenters. The van der Waals surface area contributed by atoms with Crippen LogP contribution in [0.3, 0.4) is 0 Å². The van der Waals surface area contributed by atoms with Gasteiger partial charge in [-0.15, -0.1) is 0 Å². The van der Waals surface area contributed by atoms with Crippen LogP contribution in [0.15, 0.2) is 24.3 Å². The van der Waals surface area contributed by atoms with E-state index in [0.29, 0.717) is 12.3 Å². The van der Waals surface area contributed by atoms with Crippen molar-refractivity contribution in [3.8, 4) is 0 Å². The van der Waals surface area contributed by atoms with Gasteiger partial charge < -0.3 is 10.2 Å². The average Bonchev–Trinajstić information content (AvgIpc) is 2.33. The van der Waals surface area contributed by atoms with E-state index in [0.717, 1.165) is 26.1 Å². The molecule has 0 aromatic heterocycles. The number of hydrogen-bond acceptors (Lipinski definition) is 2. The number of rotatable bonds is 2. The second-order valence-electron chi connectivity index (χ2n) is 5.15. The van der Waals surface area contributed by atoms with Gasteiger partial charge in [-0.2, -0.15) is 0 Å². The molecule has 1 fully saturated rings. The van der Waals surface area contributed by atoms with Crippen molar-refractivity contribution < 1.29 is 4.79 Å². The molecule has 0 unspecified atom stereocenters. The number of amides is 1. The summed E-state index contributed by atoms with van der Waals surface area (Å²) in [5.74, 6) is 0.716. The van der Waals surface area contributed by atoms with E-state index in [2.05, 4.69) is 48.3 Å². The molecule has 18 heavy (non-hydrogen) atoms. The van der Waals surface area contributed by atoms with E-state index in [-0.39, 0.29) is 5.91 Å². The van der Waals surface area contributed by atoms with Crippen LogP contribution in [0.2, 0.25) is 0 Å². The number of nitrogens with one attached hydrogen (secondary N) is 1. The van der Waals surface area contributed by atoms with Gasteiger partial charge in [-0.25, -0.2) is 0 Å². The van der Waals surface area contributed by atoms with Crippen molar-refractivity contribution in [2.24, 2.45) is 0 Å². The Bertz CT molecular complexity index is 403. The van der Waals surface area contributed by atoms with Gasteiger partial charge in [0.05, 0.1) is 0 Å². The minimum absolute atomic E-state index is 0.187. The van der Waals surface area contributed by atoms with Gasteiger partial charge in [-0.3, -0.25) is 4.79 Å². The van der Waals surface area contributed by atoms with Crippen LogP contribution in [-0.4, -0.2) is 25.5 Å². The summed E-state index contributed by atoms with van der Waals surface area (Å²) in [5, 5.41) is 2.95. The first kappa shape index (κ1) is 12.9. The Morgan fingerprint density at radius 2 is 2.00 bits per heavy atom. The van der Waals surface area contributed by atoms with Gasteiger partial charge in [0.25, 0.3) is 0 Å². The summed E-state index contributed by atoms with van der Waals surface area (Å²) in [6, 6.07) is 8.60. The van der Waals surface area contributed by atoms with Crippen LogP contribution in [0.4, 0.5) is 5.69 Å². The lowest BCUT2D eigenvalue weighted by Gasteiger charge is -2.29. The quantitative estimate of drug-likeness (QED) is 0.869. The first-order valence-electron chi connectivity index (χ1n) is 6.79. The minimum Gasteiger partial charge on any atom is -0.370 e. The molecule has 3 nitrogen and oxygen atoms in total. The van der Waals surface area contributed by atoms with Crippen molar-refractivity contribution in [3.63, 3.8) is 0 Å². The van der Waals surface area contributed by atoms with Crippen LogP contribution in [0.1, 0.15) is 38.2 Å². The highest BCUT2D eigenvalue weighted by Gasteiger charge is 2.15. The van der Waals surface area contributed by atoms with Crippen LogP contribution in [0, 0.1) is 0 Å². The largest absolute Gasteiger partial charge is 0.370 e. The number of hydrogen-bond donors (Lipinski definition) is 1. The van der Waals surface area contributed by atoms with E-state index in [4.69, 9.17) is 0 Å². The highest BCUT2D eigenvalue weighted by molar-refractivity contribution is 5.76. The number of carbonyl (C=O) groups is 1. The smallest absolute Gasteiger partial charge is 0.220 e. The highest BCUT2D eigenvalue weighted by atomic mass is 16.1. The zero-order valence-electron chi connectivity index (χ0n) is 11.3. The maximum Gasteiger partial charge on any atom is 0.220 e. The molecule has 0 radical (unpaired) electrons. The maximum absolute atomic E-state index is 11.3. The summed E-state index contributed by atoms with van der Waals surface area (Å²) in [6.07, 6.45) is 1.57. The number of nitrogens with zero attached hydrogens (tertiary/aromatic N) is 1. The lowest BCUT2D eigenvalue weighted by Crippen LogP contribution is -2.39. The van der Waals surface area contributed by atoms with Crippen LogP contribution >= 0.6 is 0 Å². The third-order valence-corrected chi connectivity index (χ3v) is 3.44. The molecule has 1 aliphatic rings. The van der Waals surface area contributed by atoms with Gasteiger partial charge in [0, 0.05) is 31.7 Å². The zero-order valence-corrected chi connectivity index (χ0v) is 11.3. The van der Waals surface area contributed by atoms with Crippen LogP contribution in [-0.2, 0) is 4.79 Å². The van der Waals surface area contributed by atoms with Gasteiger partial charge >= 0.3 is 0 Å². The highest BCUT2D eigenvalue weighted by Crippen LogP contribution is 2.27. The molecule has 0 aliphatic carbocycles. The Kier molecular flexibility index (Phi) is 4.24. The monoisotopic (exact) mass is 246 g/mol. The Morgan fingerprint density at radius 1 is 1.22 bits per heavy atom. The Balaban J connectivity index is 2.17. The number of para-hydroxylation sites is 1. The van der Waals surface area contributed by atoms with Crippen LogP contribution in [0.5, 0.6) is 0 Å². The Hall–Kier alpha value is -1.51. The SMILES string of the molecule is CC(C)c1ccccc1N1CCCC(=O)NCC1. The van der Waals surface area contributed by atoms with E-state index in [9.17, 15) is 4.79 Å². The molecule has 1 saturated heterocycles. The van der Waals surface area contributed by atoms with Gasteiger partial charge in [0.15, 0.2) is 0 Å². The second-order valence-corrected chi connectivity index (χ2v) is 5.15. The molecule has 1 aromatic carbocycles. The molecule has 1 amide bonds. The summed E-state index contributed by atoms with van der Waals surface area (Å²) in [4.78, 5) is 13.7. The minimum atomic E-state index is 0.187. The van der Waals surface area contributed by atoms with Gasteiger partial charge in [-0.1, -0.05) is 32.0 Å². The van der Waals surface area contributed by atoms with E-state index in [1.165, 1.54) is 11.3 Å². The van der Waals surface area contributed by atoms with Crippen molar-refractivity contribution in [3.05, 3.63) is 29.8 Å². The molecule has 1 aliphatic heterocycles. The molecule has 98 valence electrons. The third-order valence-electron chi connectivity index (χ3n) is 3.44. The fourth-order valence-corrected chi connectivity index (χ4v) is 2.47. The molecular formula is C15H22N2O. The Labute approximate surface area is 109 Å². The molecule has 0 bridgehead atoms.